The fraction of sp³-hybridized carbons (Fsp3) is 0.333. The van der Waals surface area contributed by atoms with Gasteiger partial charge in [0.1, 0.15) is 6.61 Å². The lowest BCUT2D eigenvalue weighted by Gasteiger charge is -2.34. The molecule has 1 saturated heterocycles. The predicted octanol–water partition coefficient (Wildman–Crippen LogP) is 2.46. The molecule has 0 unspecified atom stereocenters. The van der Waals surface area contributed by atoms with Gasteiger partial charge in [-0.25, -0.2) is 4.79 Å². The maximum atomic E-state index is 11.8. The first kappa shape index (κ1) is 18.3. The third-order valence-electron chi connectivity index (χ3n) is 4.46. The molecular weight excluding hydrogens is 326 g/mol. The van der Waals surface area contributed by atoms with Crippen LogP contribution in [0, 0.1) is 0 Å². The minimum atomic E-state index is -0.309. The summed E-state index contributed by atoms with van der Waals surface area (Å²) < 4.78 is 5.29. The Morgan fingerprint density at radius 2 is 1.81 bits per heavy atom. The molecule has 0 amide bonds. The summed E-state index contributed by atoms with van der Waals surface area (Å²) in [6.45, 7) is 6.32. The van der Waals surface area contributed by atoms with Gasteiger partial charge >= 0.3 is 5.97 Å². The van der Waals surface area contributed by atoms with Crippen LogP contribution in [0.5, 0.6) is 0 Å². The minimum Gasteiger partial charge on any atom is -0.461 e. The van der Waals surface area contributed by atoms with Crippen LogP contribution in [0.15, 0.2) is 60.9 Å². The minimum absolute atomic E-state index is 0.309. The van der Waals surface area contributed by atoms with Crippen molar-refractivity contribution in [3.8, 4) is 0 Å². The highest BCUT2D eigenvalue weighted by atomic mass is 16.5. The number of hydrogen-bond donors (Lipinski definition) is 0. The number of carbonyl (C=O) groups is 1. The molecule has 0 N–H and O–H groups in total. The lowest BCUT2D eigenvalue weighted by Crippen LogP contribution is -2.46. The molecule has 1 aliphatic heterocycles. The van der Waals surface area contributed by atoms with E-state index >= 15 is 0 Å². The molecule has 1 aromatic heterocycles. The largest absolute Gasteiger partial charge is 0.461 e. The van der Waals surface area contributed by atoms with E-state index in [0.717, 1.165) is 44.8 Å². The van der Waals surface area contributed by atoms with Crippen molar-refractivity contribution in [1.29, 1.82) is 0 Å². The second kappa shape index (κ2) is 9.85. The number of esters is 1. The van der Waals surface area contributed by atoms with Gasteiger partial charge in [-0.15, -0.1) is 0 Å². The molecule has 0 atom stereocenters. The van der Waals surface area contributed by atoms with Gasteiger partial charge in [0.2, 0.25) is 0 Å². The Balaban J connectivity index is 1.31. The molecule has 0 spiro atoms. The number of pyridine rings is 1. The third-order valence-corrected chi connectivity index (χ3v) is 4.46. The molecule has 0 saturated carbocycles. The van der Waals surface area contributed by atoms with Crippen molar-refractivity contribution in [2.45, 2.75) is 6.54 Å². The second-order valence-corrected chi connectivity index (χ2v) is 6.39. The lowest BCUT2D eigenvalue weighted by atomic mass is 10.2. The van der Waals surface area contributed by atoms with E-state index in [4.69, 9.17) is 4.74 Å². The summed E-state index contributed by atoms with van der Waals surface area (Å²) in [7, 11) is 0. The number of aromatic nitrogens is 1. The van der Waals surface area contributed by atoms with Gasteiger partial charge in [-0.05, 0) is 23.3 Å². The number of hydrogen-bond acceptors (Lipinski definition) is 5. The number of rotatable bonds is 7. The first-order valence-electron chi connectivity index (χ1n) is 9.03. The maximum Gasteiger partial charge on any atom is 0.330 e. The third kappa shape index (κ3) is 6.10. The first-order chi connectivity index (χ1) is 12.8. The molecule has 5 nitrogen and oxygen atoms in total. The molecule has 5 heteroatoms. The SMILES string of the molecule is O=C(/C=C/c1cccnc1)OCCN1CCN(Cc2ccccc2)CC1. The van der Waals surface area contributed by atoms with Crippen LogP contribution < -0.4 is 0 Å². The number of nitrogens with zero attached hydrogens (tertiary/aromatic N) is 3. The van der Waals surface area contributed by atoms with E-state index in [2.05, 4.69) is 45.1 Å². The Hall–Kier alpha value is -2.50. The normalized spacial score (nSPS) is 16.0. The number of piperazine rings is 1. The van der Waals surface area contributed by atoms with Crippen molar-refractivity contribution < 1.29 is 9.53 Å². The van der Waals surface area contributed by atoms with Crippen molar-refractivity contribution in [2.24, 2.45) is 0 Å². The second-order valence-electron chi connectivity index (χ2n) is 6.39. The summed E-state index contributed by atoms with van der Waals surface area (Å²) in [4.78, 5) is 20.6. The monoisotopic (exact) mass is 351 g/mol. The predicted molar refractivity (Wildman–Crippen MR) is 102 cm³/mol. The van der Waals surface area contributed by atoms with Gasteiger partial charge < -0.3 is 4.74 Å². The Morgan fingerprint density at radius 1 is 1.04 bits per heavy atom. The molecular formula is C21H25N3O2. The van der Waals surface area contributed by atoms with Crippen molar-refractivity contribution in [1.82, 2.24) is 14.8 Å². The molecule has 136 valence electrons. The van der Waals surface area contributed by atoms with E-state index in [-0.39, 0.29) is 5.97 Å². The van der Waals surface area contributed by atoms with Crippen LogP contribution in [0.25, 0.3) is 6.08 Å². The fourth-order valence-electron chi connectivity index (χ4n) is 2.97. The Kier molecular flexibility index (Phi) is 6.93. The van der Waals surface area contributed by atoms with Crippen molar-refractivity contribution in [3.05, 3.63) is 72.1 Å². The summed E-state index contributed by atoms with van der Waals surface area (Å²) >= 11 is 0. The van der Waals surface area contributed by atoms with Crippen LogP contribution >= 0.6 is 0 Å². The fourth-order valence-corrected chi connectivity index (χ4v) is 2.97. The van der Waals surface area contributed by atoms with Gasteiger partial charge in [0.25, 0.3) is 0 Å². The van der Waals surface area contributed by atoms with E-state index in [1.54, 1.807) is 18.5 Å². The van der Waals surface area contributed by atoms with Gasteiger partial charge in [0.15, 0.2) is 0 Å². The van der Waals surface area contributed by atoms with Gasteiger partial charge in [-0.1, -0.05) is 36.4 Å². The number of carbonyl (C=O) groups excluding carboxylic acids is 1. The quantitative estimate of drug-likeness (QED) is 0.566. The van der Waals surface area contributed by atoms with Gasteiger partial charge in [0, 0.05) is 57.7 Å². The van der Waals surface area contributed by atoms with Gasteiger partial charge in [-0.2, -0.15) is 0 Å². The zero-order valence-electron chi connectivity index (χ0n) is 15.0. The van der Waals surface area contributed by atoms with Crippen LogP contribution in [0.2, 0.25) is 0 Å². The zero-order valence-corrected chi connectivity index (χ0v) is 15.0. The highest BCUT2D eigenvalue weighted by Gasteiger charge is 2.16. The van der Waals surface area contributed by atoms with Crippen molar-refractivity contribution in [3.63, 3.8) is 0 Å². The zero-order chi connectivity index (χ0) is 18.0. The maximum absolute atomic E-state index is 11.8. The molecule has 0 radical (unpaired) electrons. The summed E-state index contributed by atoms with van der Waals surface area (Å²) in [6.07, 6.45) is 6.58. The highest BCUT2D eigenvalue weighted by Crippen LogP contribution is 2.08. The summed E-state index contributed by atoms with van der Waals surface area (Å²) in [5, 5.41) is 0. The van der Waals surface area contributed by atoms with E-state index in [1.165, 1.54) is 11.6 Å². The van der Waals surface area contributed by atoms with Crippen molar-refractivity contribution >= 4 is 12.0 Å². The van der Waals surface area contributed by atoms with E-state index in [0.29, 0.717) is 6.61 Å². The molecule has 2 aromatic rings. The van der Waals surface area contributed by atoms with Crippen LogP contribution in [0.4, 0.5) is 0 Å². The molecule has 2 heterocycles. The lowest BCUT2D eigenvalue weighted by molar-refractivity contribution is -0.138. The van der Waals surface area contributed by atoms with E-state index in [1.807, 2.05) is 12.1 Å². The molecule has 1 aromatic carbocycles. The smallest absolute Gasteiger partial charge is 0.330 e. The van der Waals surface area contributed by atoms with Crippen LogP contribution in [-0.4, -0.2) is 60.1 Å². The topological polar surface area (TPSA) is 45.7 Å². The highest BCUT2D eigenvalue weighted by molar-refractivity contribution is 5.86. The Morgan fingerprint density at radius 3 is 2.54 bits per heavy atom. The first-order valence-corrected chi connectivity index (χ1v) is 9.03. The molecule has 0 aliphatic carbocycles. The number of ether oxygens (including phenoxy) is 1. The number of benzene rings is 1. The molecule has 1 fully saturated rings. The summed E-state index contributed by atoms with van der Waals surface area (Å²) in [5.74, 6) is -0.309. The van der Waals surface area contributed by atoms with Crippen LogP contribution in [0.1, 0.15) is 11.1 Å². The Bertz CT molecular complexity index is 696. The summed E-state index contributed by atoms with van der Waals surface area (Å²) in [5.41, 5.74) is 2.24. The molecule has 26 heavy (non-hydrogen) atoms. The van der Waals surface area contributed by atoms with Crippen LogP contribution in [-0.2, 0) is 16.1 Å². The molecule has 0 bridgehead atoms. The standard InChI is InChI=1S/C21H25N3O2/c25-21(9-8-19-7-4-10-22-17-19)26-16-15-23-11-13-24(14-12-23)18-20-5-2-1-3-6-20/h1-10,17H,11-16,18H2/b9-8+. The van der Waals surface area contributed by atoms with Crippen LogP contribution in [0.3, 0.4) is 0 Å². The average Bonchev–Trinajstić information content (AvgIpc) is 2.69. The van der Waals surface area contributed by atoms with Crippen molar-refractivity contribution in [2.75, 3.05) is 39.3 Å². The average molecular weight is 351 g/mol. The van der Waals surface area contributed by atoms with Gasteiger partial charge in [0.05, 0.1) is 0 Å². The molecule has 1 aliphatic rings. The van der Waals surface area contributed by atoms with E-state index in [9.17, 15) is 4.79 Å². The molecule has 3 rings (SSSR count). The Labute approximate surface area is 154 Å². The van der Waals surface area contributed by atoms with E-state index < -0.39 is 0 Å². The van der Waals surface area contributed by atoms with Gasteiger partial charge in [-0.3, -0.25) is 14.8 Å². The summed E-state index contributed by atoms with van der Waals surface area (Å²) in [6, 6.07) is 14.3.